The molecular formula is C16H19BrN2O2. The molecule has 0 heterocycles. The first-order valence-corrected chi connectivity index (χ1v) is 7.73. The Morgan fingerprint density at radius 1 is 1.48 bits per heavy atom. The van der Waals surface area contributed by atoms with Gasteiger partial charge in [0.05, 0.1) is 6.54 Å². The summed E-state index contributed by atoms with van der Waals surface area (Å²) in [6, 6.07) is 6.41. The van der Waals surface area contributed by atoms with Crippen LogP contribution in [0.4, 0.5) is 0 Å². The van der Waals surface area contributed by atoms with Crippen molar-refractivity contribution in [2.45, 2.75) is 25.3 Å². The number of amides is 2. The molecule has 0 saturated carbocycles. The highest BCUT2D eigenvalue weighted by Gasteiger charge is 2.21. The number of halogens is 1. The molecule has 0 spiro atoms. The van der Waals surface area contributed by atoms with Crippen LogP contribution < -0.4 is 5.32 Å². The van der Waals surface area contributed by atoms with E-state index in [-0.39, 0.29) is 24.4 Å². The van der Waals surface area contributed by atoms with Crippen molar-refractivity contribution in [1.82, 2.24) is 10.2 Å². The Labute approximate surface area is 133 Å². The third-order valence-corrected chi connectivity index (χ3v) is 4.19. The zero-order chi connectivity index (χ0) is 15.4. The molecule has 1 N–H and O–H groups in total. The van der Waals surface area contributed by atoms with Gasteiger partial charge in [0.25, 0.3) is 0 Å². The van der Waals surface area contributed by atoms with Crippen molar-refractivity contribution in [3.63, 3.8) is 0 Å². The van der Waals surface area contributed by atoms with Crippen molar-refractivity contribution < 1.29 is 9.59 Å². The maximum Gasteiger partial charge on any atom is 0.246 e. The largest absolute Gasteiger partial charge is 0.351 e. The number of rotatable bonds is 4. The van der Waals surface area contributed by atoms with Crippen LogP contribution in [-0.2, 0) is 22.4 Å². The first-order valence-electron chi connectivity index (χ1n) is 6.94. The van der Waals surface area contributed by atoms with Crippen molar-refractivity contribution in [3.05, 3.63) is 46.5 Å². The Hall–Kier alpha value is -1.62. The maximum absolute atomic E-state index is 12.0. The Kier molecular flexibility index (Phi) is 5.17. The lowest BCUT2D eigenvalue weighted by Gasteiger charge is -2.26. The summed E-state index contributed by atoms with van der Waals surface area (Å²) < 4.78 is 1.09. The second-order valence-electron chi connectivity index (χ2n) is 5.32. The monoisotopic (exact) mass is 350 g/mol. The maximum atomic E-state index is 12.0. The predicted molar refractivity (Wildman–Crippen MR) is 85.9 cm³/mol. The molecule has 112 valence electrons. The van der Waals surface area contributed by atoms with Gasteiger partial charge in [-0.05, 0) is 48.6 Å². The third-order valence-electron chi connectivity index (χ3n) is 3.69. The van der Waals surface area contributed by atoms with Crippen LogP contribution in [-0.4, -0.2) is 36.3 Å². The van der Waals surface area contributed by atoms with Gasteiger partial charge in [-0.1, -0.05) is 28.6 Å². The molecule has 0 radical (unpaired) electrons. The Morgan fingerprint density at radius 3 is 2.95 bits per heavy atom. The lowest BCUT2D eigenvalue weighted by atomic mass is 9.88. The molecule has 1 aromatic rings. The Bertz CT molecular complexity index is 571. The molecule has 2 amide bonds. The molecule has 1 aliphatic carbocycles. The summed E-state index contributed by atoms with van der Waals surface area (Å²) in [6.45, 7) is 3.47. The summed E-state index contributed by atoms with van der Waals surface area (Å²) in [5, 5.41) is 3.01. The number of likely N-dealkylation sites (N-methyl/N-ethyl adjacent to an activating group) is 1. The zero-order valence-corrected chi connectivity index (χ0v) is 13.6. The van der Waals surface area contributed by atoms with E-state index in [4.69, 9.17) is 0 Å². The minimum atomic E-state index is -0.246. The van der Waals surface area contributed by atoms with Gasteiger partial charge in [-0.3, -0.25) is 9.59 Å². The number of hydrogen-bond acceptors (Lipinski definition) is 2. The summed E-state index contributed by atoms with van der Waals surface area (Å²) in [5.74, 6) is -0.373. The average Bonchev–Trinajstić information content (AvgIpc) is 2.46. The molecule has 0 fully saturated rings. The number of fused-ring (bicyclic) bond motifs is 1. The number of nitrogens with one attached hydrogen (secondary N) is 1. The first kappa shape index (κ1) is 15.8. The van der Waals surface area contributed by atoms with Crippen LogP contribution in [0.1, 0.15) is 17.5 Å². The van der Waals surface area contributed by atoms with Gasteiger partial charge in [0.2, 0.25) is 11.8 Å². The third kappa shape index (κ3) is 4.17. The molecular weight excluding hydrogens is 332 g/mol. The summed E-state index contributed by atoms with van der Waals surface area (Å²) in [4.78, 5) is 24.7. The minimum absolute atomic E-state index is 0.0640. The fraction of sp³-hybridized carbons (Fsp3) is 0.375. The summed E-state index contributed by atoms with van der Waals surface area (Å²) in [7, 11) is 1.59. The first-order chi connectivity index (χ1) is 9.99. The lowest BCUT2D eigenvalue weighted by molar-refractivity contribution is -0.131. The van der Waals surface area contributed by atoms with E-state index in [1.165, 1.54) is 22.1 Å². The molecule has 1 unspecified atom stereocenters. The van der Waals surface area contributed by atoms with Gasteiger partial charge in [-0.2, -0.15) is 0 Å². The van der Waals surface area contributed by atoms with E-state index >= 15 is 0 Å². The normalized spacial score (nSPS) is 16.8. The predicted octanol–water partition coefficient (Wildman–Crippen LogP) is 2.07. The molecule has 0 saturated heterocycles. The number of carbonyl (C=O) groups excluding carboxylic acids is 2. The van der Waals surface area contributed by atoms with Gasteiger partial charge >= 0.3 is 0 Å². The number of benzene rings is 1. The van der Waals surface area contributed by atoms with Crippen LogP contribution in [0, 0.1) is 0 Å². The second kappa shape index (κ2) is 6.89. The smallest absolute Gasteiger partial charge is 0.246 e. The molecule has 21 heavy (non-hydrogen) atoms. The highest BCUT2D eigenvalue weighted by Crippen LogP contribution is 2.24. The molecule has 1 aliphatic rings. The van der Waals surface area contributed by atoms with E-state index in [1.54, 1.807) is 7.05 Å². The molecule has 5 heteroatoms. The zero-order valence-electron chi connectivity index (χ0n) is 12.1. The fourth-order valence-electron chi connectivity index (χ4n) is 2.57. The van der Waals surface area contributed by atoms with Crippen LogP contribution in [0.3, 0.4) is 0 Å². The Balaban J connectivity index is 1.90. The van der Waals surface area contributed by atoms with E-state index in [0.717, 1.165) is 23.7 Å². The van der Waals surface area contributed by atoms with Crippen molar-refractivity contribution in [1.29, 1.82) is 0 Å². The molecule has 4 nitrogen and oxygen atoms in total. The SMILES string of the molecule is C=CC(=O)N(C)CC(=O)NC1CCc2cc(Br)ccc2C1. The van der Waals surface area contributed by atoms with Gasteiger partial charge in [-0.15, -0.1) is 0 Å². The topological polar surface area (TPSA) is 49.4 Å². The second-order valence-corrected chi connectivity index (χ2v) is 6.23. The van der Waals surface area contributed by atoms with E-state index in [0.29, 0.717) is 0 Å². The highest BCUT2D eigenvalue weighted by atomic mass is 79.9. The van der Waals surface area contributed by atoms with Crippen molar-refractivity contribution in [3.8, 4) is 0 Å². The van der Waals surface area contributed by atoms with Gasteiger partial charge in [-0.25, -0.2) is 0 Å². The summed E-state index contributed by atoms with van der Waals surface area (Å²) >= 11 is 3.48. The number of carbonyl (C=O) groups is 2. The van der Waals surface area contributed by atoms with Gasteiger partial charge in [0.1, 0.15) is 0 Å². The van der Waals surface area contributed by atoms with E-state index in [1.807, 2.05) is 6.07 Å². The molecule has 0 bridgehead atoms. The van der Waals surface area contributed by atoms with Crippen molar-refractivity contribution in [2.24, 2.45) is 0 Å². The molecule has 1 atom stereocenters. The van der Waals surface area contributed by atoms with Crippen LogP contribution >= 0.6 is 15.9 Å². The minimum Gasteiger partial charge on any atom is -0.351 e. The van der Waals surface area contributed by atoms with Gasteiger partial charge in [0, 0.05) is 17.6 Å². The molecule has 0 aromatic heterocycles. The standard InChI is InChI=1S/C16H19BrN2O2/c1-3-16(21)19(2)10-15(20)18-14-7-5-11-8-13(17)6-4-12(11)9-14/h3-4,6,8,14H,1,5,7,9-10H2,2H3,(H,18,20). The number of hydrogen-bond donors (Lipinski definition) is 1. The van der Waals surface area contributed by atoms with Crippen molar-refractivity contribution in [2.75, 3.05) is 13.6 Å². The average molecular weight is 351 g/mol. The van der Waals surface area contributed by atoms with Crippen LogP contribution in [0.5, 0.6) is 0 Å². The van der Waals surface area contributed by atoms with E-state index in [2.05, 4.69) is 40.0 Å². The van der Waals surface area contributed by atoms with Gasteiger partial charge in [0.15, 0.2) is 0 Å². The van der Waals surface area contributed by atoms with Gasteiger partial charge < -0.3 is 10.2 Å². The van der Waals surface area contributed by atoms with Crippen LogP contribution in [0.25, 0.3) is 0 Å². The van der Waals surface area contributed by atoms with Crippen molar-refractivity contribution >= 4 is 27.7 Å². The summed E-state index contributed by atoms with van der Waals surface area (Å²) in [5.41, 5.74) is 2.62. The highest BCUT2D eigenvalue weighted by molar-refractivity contribution is 9.10. The fourth-order valence-corrected chi connectivity index (χ4v) is 2.98. The quantitative estimate of drug-likeness (QED) is 0.845. The lowest BCUT2D eigenvalue weighted by Crippen LogP contribution is -2.44. The number of aryl methyl sites for hydroxylation is 1. The number of nitrogens with zero attached hydrogens (tertiary/aromatic N) is 1. The molecule has 2 rings (SSSR count). The van der Waals surface area contributed by atoms with E-state index in [9.17, 15) is 9.59 Å². The Morgan fingerprint density at radius 2 is 2.24 bits per heavy atom. The molecule has 0 aliphatic heterocycles. The molecule has 1 aromatic carbocycles. The van der Waals surface area contributed by atoms with Crippen LogP contribution in [0.2, 0.25) is 0 Å². The van der Waals surface area contributed by atoms with Crippen LogP contribution in [0.15, 0.2) is 35.3 Å². The summed E-state index contributed by atoms with van der Waals surface area (Å²) in [6.07, 6.45) is 3.94. The van der Waals surface area contributed by atoms with E-state index < -0.39 is 0 Å².